The lowest BCUT2D eigenvalue weighted by atomic mass is 10.2. The molecule has 0 saturated heterocycles. The van der Waals surface area contributed by atoms with Crippen LogP contribution in [0.15, 0.2) is 84.0 Å². The van der Waals surface area contributed by atoms with Crippen molar-refractivity contribution in [3.05, 3.63) is 90.3 Å². The van der Waals surface area contributed by atoms with Gasteiger partial charge >= 0.3 is 5.16 Å². The van der Waals surface area contributed by atoms with Crippen LogP contribution in [0.25, 0.3) is 22.1 Å². The third-order valence-corrected chi connectivity index (χ3v) is 5.75. The molecular formula is C22H20N4S+2. The Morgan fingerprint density at radius 2 is 1.52 bits per heavy atom. The van der Waals surface area contributed by atoms with E-state index in [1.54, 1.807) is 11.8 Å². The van der Waals surface area contributed by atoms with Crippen molar-refractivity contribution in [2.75, 3.05) is 0 Å². The van der Waals surface area contributed by atoms with Crippen LogP contribution < -0.4 is 9.55 Å². The molecule has 0 bridgehead atoms. The average molecular weight is 372 g/mol. The summed E-state index contributed by atoms with van der Waals surface area (Å²) >= 11 is 1.81. The maximum Gasteiger partial charge on any atom is 0.317 e. The van der Waals surface area contributed by atoms with Gasteiger partial charge in [-0.25, -0.2) is 19.5 Å². The smallest absolute Gasteiger partial charge is 0.240 e. The number of para-hydroxylation sites is 4. The van der Waals surface area contributed by atoms with E-state index in [-0.39, 0.29) is 0 Å². The summed E-state index contributed by atoms with van der Waals surface area (Å²) in [5, 5.41) is 1.16. The van der Waals surface area contributed by atoms with Crippen molar-refractivity contribution in [1.82, 2.24) is 9.97 Å². The van der Waals surface area contributed by atoms with Crippen molar-refractivity contribution in [3.63, 3.8) is 0 Å². The maximum absolute atomic E-state index is 3.59. The average Bonchev–Trinajstić information content (AvgIpc) is 3.28. The number of fused-ring (bicyclic) bond motifs is 2. The van der Waals surface area contributed by atoms with Crippen LogP contribution in [-0.4, -0.2) is 9.97 Å². The zero-order chi connectivity index (χ0) is 18.1. The normalized spacial score (nSPS) is 11.4. The number of rotatable bonds is 5. The van der Waals surface area contributed by atoms with E-state index in [9.17, 15) is 0 Å². The molecular weight excluding hydrogens is 352 g/mol. The SMILES string of the molecule is c1ccc(C[n+]2c(SCc3[nH]c4ccccc4[nH+]3)[nH]c3ccccc32)cc1. The third kappa shape index (κ3) is 3.22. The van der Waals surface area contributed by atoms with E-state index in [0.29, 0.717) is 0 Å². The summed E-state index contributed by atoms with van der Waals surface area (Å²) in [6.07, 6.45) is 0. The fourth-order valence-electron chi connectivity index (χ4n) is 3.41. The molecule has 27 heavy (non-hydrogen) atoms. The Morgan fingerprint density at radius 1 is 0.778 bits per heavy atom. The van der Waals surface area contributed by atoms with Crippen LogP contribution in [0.2, 0.25) is 0 Å². The summed E-state index contributed by atoms with van der Waals surface area (Å²) in [4.78, 5) is 10.5. The number of hydrogen-bond donors (Lipinski definition) is 2. The Kier molecular flexibility index (Phi) is 4.14. The minimum absolute atomic E-state index is 0.844. The van der Waals surface area contributed by atoms with Crippen molar-refractivity contribution in [2.24, 2.45) is 0 Å². The van der Waals surface area contributed by atoms with Crippen LogP contribution in [0.1, 0.15) is 11.4 Å². The van der Waals surface area contributed by atoms with Crippen molar-refractivity contribution in [2.45, 2.75) is 17.5 Å². The van der Waals surface area contributed by atoms with Gasteiger partial charge in [0.05, 0.1) is 0 Å². The summed E-state index contributed by atoms with van der Waals surface area (Å²) in [7, 11) is 0. The number of imidazole rings is 2. The van der Waals surface area contributed by atoms with Gasteiger partial charge < -0.3 is 0 Å². The van der Waals surface area contributed by atoms with Gasteiger partial charge in [-0.2, -0.15) is 0 Å². The molecule has 5 aromatic rings. The van der Waals surface area contributed by atoms with Gasteiger partial charge in [-0.15, -0.1) is 0 Å². The summed E-state index contributed by atoms with van der Waals surface area (Å²) in [6, 6.07) is 27.4. The minimum atomic E-state index is 0.844. The van der Waals surface area contributed by atoms with E-state index in [1.165, 1.54) is 11.1 Å². The number of hydrogen-bond acceptors (Lipinski definition) is 1. The zero-order valence-corrected chi connectivity index (χ0v) is 15.6. The lowest BCUT2D eigenvalue weighted by Gasteiger charge is -2.01. The molecule has 2 aromatic heterocycles. The third-order valence-electron chi connectivity index (χ3n) is 4.72. The van der Waals surface area contributed by atoms with Crippen molar-refractivity contribution < 1.29 is 9.55 Å². The molecule has 4 nitrogen and oxygen atoms in total. The number of nitrogens with one attached hydrogen (secondary N) is 3. The molecule has 3 N–H and O–H groups in total. The van der Waals surface area contributed by atoms with Gasteiger partial charge in [-0.3, -0.25) is 0 Å². The van der Waals surface area contributed by atoms with Gasteiger partial charge in [-0.1, -0.05) is 54.6 Å². The first-order valence-electron chi connectivity index (χ1n) is 9.03. The molecule has 2 heterocycles. The molecule has 0 saturated carbocycles. The summed E-state index contributed by atoms with van der Waals surface area (Å²) in [5.41, 5.74) is 5.97. The molecule has 0 amide bonds. The molecule has 0 atom stereocenters. The predicted octanol–water partition coefficient (Wildman–Crippen LogP) is 4.09. The number of H-pyrrole nitrogens is 3. The Labute approximate surface area is 161 Å². The second-order valence-electron chi connectivity index (χ2n) is 6.58. The number of aromatic amines is 3. The van der Waals surface area contributed by atoms with E-state index >= 15 is 0 Å². The zero-order valence-electron chi connectivity index (χ0n) is 14.8. The first kappa shape index (κ1) is 16.1. The van der Waals surface area contributed by atoms with E-state index < -0.39 is 0 Å². The van der Waals surface area contributed by atoms with Crippen LogP contribution in [0, 0.1) is 0 Å². The van der Waals surface area contributed by atoms with E-state index in [4.69, 9.17) is 0 Å². The highest BCUT2D eigenvalue weighted by atomic mass is 32.2. The standard InChI is InChI=1S/C22H18N4S/c1-2-8-16(9-3-1)14-26-20-13-7-6-12-19(20)25-22(26)27-15-21-23-17-10-4-5-11-18(17)24-21/h1-13H,14-15H2,(H,23,24)/p+2. The van der Waals surface area contributed by atoms with Gasteiger partial charge in [0.2, 0.25) is 0 Å². The van der Waals surface area contributed by atoms with E-state index in [0.717, 1.165) is 39.8 Å². The molecule has 0 aliphatic heterocycles. The van der Waals surface area contributed by atoms with Crippen LogP contribution in [0.4, 0.5) is 0 Å². The van der Waals surface area contributed by atoms with Crippen LogP contribution in [0.5, 0.6) is 0 Å². The summed E-state index contributed by atoms with van der Waals surface area (Å²) in [6.45, 7) is 0.851. The van der Waals surface area contributed by atoms with Gasteiger partial charge in [0.15, 0.2) is 22.1 Å². The van der Waals surface area contributed by atoms with Gasteiger partial charge in [-0.05, 0) is 41.6 Å². The molecule has 5 heteroatoms. The molecule has 132 valence electrons. The fraction of sp³-hybridized carbons (Fsp3) is 0.0909. The van der Waals surface area contributed by atoms with Gasteiger partial charge in [0.25, 0.3) is 5.82 Å². The molecule has 5 rings (SSSR count). The second-order valence-corrected chi connectivity index (χ2v) is 7.55. The fourth-order valence-corrected chi connectivity index (χ4v) is 4.34. The molecule has 0 aliphatic rings. The van der Waals surface area contributed by atoms with E-state index in [2.05, 4.69) is 98.4 Å². The Morgan fingerprint density at radius 3 is 2.37 bits per heavy atom. The monoisotopic (exact) mass is 372 g/mol. The number of thioether (sulfide) groups is 1. The van der Waals surface area contributed by atoms with Crippen LogP contribution in [0.3, 0.4) is 0 Å². The lowest BCUT2D eigenvalue weighted by Crippen LogP contribution is -2.35. The van der Waals surface area contributed by atoms with Crippen molar-refractivity contribution in [1.29, 1.82) is 0 Å². The van der Waals surface area contributed by atoms with E-state index in [1.807, 2.05) is 0 Å². The molecule has 0 aliphatic carbocycles. The number of aromatic nitrogens is 4. The largest absolute Gasteiger partial charge is 0.317 e. The lowest BCUT2D eigenvalue weighted by molar-refractivity contribution is -0.700. The second kappa shape index (κ2) is 6.93. The van der Waals surface area contributed by atoms with Gasteiger partial charge in [0.1, 0.15) is 12.3 Å². The van der Waals surface area contributed by atoms with Crippen LogP contribution >= 0.6 is 11.8 Å². The molecule has 0 fully saturated rings. The summed E-state index contributed by atoms with van der Waals surface area (Å²) < 4.78 is 2.36. The van der Waals surface area contributed by atoms with Crippen molar-refractivity contribution in [3.8, 4) is 0 Å². The Bertz CT molecular complexity index is 1170. The molecule has 3 aromatic carbocycles. The molecule has 0 radical (unpaired) electrons. The Balaban J connectivity index is 1.47. The number of benzene rings is 3. The quantitative estimate of drug-likeness (QED) is 0.354. The first-order chi connectivity index (χ1) is 13.4. The molecule has 0 unspecified atom stereocenters. The Hall–Kier alpha value is -3.05. The number of nitrogens with zero attached hydrogens (tertiary/aromatic N) is 1. The highest BCUT2D eigenvalue weighted by Crippen LogP contribution is 2.21. The van der Waals surface area contributed by atoms with Gasteiger partial charge in [0, 0.05) is 0 Å². The predicted molar refractivity (Wildman–Crippen MR) is 108 cm³/mol. The summed E-state index contributed by atoms with van der Waals surface area (Å²) in [5.74, 6) is 1.96. The minimum Gasteiger partial charge on any atom is -0.240 e. The van der Waals surface area contributed by atoms with Crippen LogP contribution in [-0.2, 0) is 12.3 Å². The highest BCUT2D eigenvalue weighted by molar-refractivity contribution is 7.98. The topological polar surface area (TPSA) is 49.6 Å². The first-order valence-corrected chi connectivity index (χ1v) is 10.0. The highest BCUT2D eigenvalue weighted by Gasteiger charge is 2.21. The van der Waals surface area contributed by atoms with Crippen molar-refractivity contribution >= 4 is 33.8 Å². The molecule has 0 spiro atoms. The maximum atomic E-state index is 3.59.